The number of rotatable bonds is 3. The molecule has 0 N–H and O–H groups in total. The summed E-state index contributed by atoms with van der Waals surface area (Å²) in [7, 11) is 1.59. The lowest BCUT2D eigenvalue weighted by molar-refractivity contribution is 0.0992. The van der Waals surface area contributed by atoms with E-state index in [1.807, 2.05) is 0 Å². The summed E-state index contributed by atoms with van der Waals surface area (Å²) >= 11 is 3.34. The van der Waals surface area contributed by atoms with E-state index in [1.165, 1.54) is 0 Å². The quantitative estimate of drug-likeness (QED) is 0.782. The summed E-state index contributed by atoms with van der Waals surface area (Å²) in [4.78, 5) is 25.5. The summed E-state index contributed by atoms with van der Waals surface area (Å²) < 4.78 is 5.14. The first kappa shape index (κ1) is 14.7. The molecule has 0 atom stereocenters. The summed E-state index contributed by atoms with van der Waals surface area (Å²) in [6.45, 7) is 0. The number of allylic oxidation sites excluding steroid dienone is 2. The first-order chi connectivity index (χ1) is 10.7. The molecule has 0 aliphatic heterocycles. The largest absolute Gasteiger partial charge is 0.497 e. The molecule has 2 aromatic rings. The molecule has 0 fully saturated rings. The average molecular weight is 357 g/mol. The Kier molecular flexibility index (Phi) is 3.94. The summed E-state index contributed by atoms with van der Waals surface area (Å²) in [5.41, 5.74) is 2.61. The number of Topliss-reactive ketones (excluding diaryl/α,β-unsaturated/α-hetero) is 2. The molecule has 1 aliphatic carbocycles. The van der Waals surface area contributed by atoms with E-state index in [9.17, 15) is 9.59 Å². The van der Waals surface area contributed by atoms with E-state index < -0.39 is 0 Å². The maximum Gasteiger partial charge on any atom is 0.194 e. The second kappa shape index (κ2) is 5.89. The Bertz CT molecular complexity index is 788. The Morgan fingerprint density at radius 2 is 1.50 bits per heavy atom. The predicted molar refractivity (Wildman–Crippen MR) is 88.8 cm³/mol. The molecular weight excluding hydrogens is 344 g/mol. The molecule has 0 radical (unpaired) electrons. The van der Waals surface area contributed by atoms with Crippen LogP contribution < -0.4 is 4.74 Å². The van der Waals surface area contributed by atoms with Crippen LogP contribution in [0.3, 0.4) is 0 Å². The van der Waals surface area contributed by atoms with Gasteiger partial charge in [0.2, 0.25) is 0 Å². The molecule has 22 heavy (non-hydrogen) atoms. The number of halogens is 1. The van der Waals surface area contributed by atoms with Crippen molar-refractivity contribution in [2.24, 2.45) is 0 Å². The first-order valence-corrected chi connectivity index (χ1v) is 7.91. The highest BCUT2D eigenvalue weighted by atomic mass is 79.9. The lowest BCUT2D eigenvalue weighted by atomic mass is 9.82. The van der Waals surface area contributed by atoms with E-state index in [0.29, 0.717) is 33.4 Å². The van der Waals surface area contributed by atoms with E-state index in [2.05, 4.69) is 15.9 Å². The van der Waals surface area contributed by atoms with Gasteiger partial charge < -0.3 is 4.74 Å². The van der Waals surface area contributed by atoms with Crippen LogP contribution in [0.2, 0.25) is 0 Å². The van der Waals surface area contributed by atoms with Gasteiger partial charge in [-0.15, -0.1) is 0 Å². The van der Waals surface area contributed by atoms with Gasteiger partial charge >= 0.3 is 0 Å². The third-order valence-corrected chi connectivity index (χ3v) is 4.29. The van der Waals surface area contributed by atoms with Gasteiger partial charge in [-0.1, -0.05) is 52.3 Å². The Hall–Kier alpha value is -2.20. The zero-order valence-corrected chi connectivity index (χ0v) is 13.5. The van der Waals surface area contributed by atoms with Crippen molar-refractivity contribution >= 4 is 33.1 Å². The molecule has 3 nitrogen and oxygen atoms in total. The fourth-order valence-corrected chi connectivity index (χ4v) is 3.15. The molecule has 110 valence electrons. The fraction of sp³-hybridized carbons (Fsp3) is 0.111. The van der Waals surface area contributed by atoms with Gasteiger partial charge in [0, 0.05) is 27.6 Å². The molecule has 0 bridgehead atoms. The number of hydrogen-bond donors (Lipinski definition) is 0. The molecule has 1 aliphatic rings. The Balaban J connectivity index is 2.19. The number of methoxy groups -OCH3 is 1. The molecule has 0 unspecified atom stereocenters. The van der Waals surface area contributed by atoms with Gasteiger partial charge in [-0.25, -0.2) is 0 Å². The standard InChI is InChI=1S/C18H13BrO3/c1-22-12-8-6-11(7-9-12)16-15(10-19)17(20)13-4-2-3-5-14(13)18(16)21/h2-9H,10H2,1H3. The highest BCUT2D eigenvalue weighted by Crippen LogP contribution is 2.33. The van der Waals surface area contributed by atoms with Crippen molar-refractivity contribution < 1.29 is 14.3 Å². The molecule has 4 heteroatoms. The van der Waals surface area contributed by atoms with E-state index in [1.54, 1.807) is 55.6 Å². The van der Waals surface area contributed by atoms with E-state index in [0.717, 1.165) is 5.56 Å². The number of ketones is 2. The zero-order chi connectivity index (χ0) is 15.7. The smallest absolute Gasteiger partial charge is 0.194 e. The molecular formula is C18H13BrO3. The summed E-state index contributed by atoms with van der Waals surface area (Å²) in [6.07, 6.45) is 0. The van der Waals surface area contributed by atoms with Crippen LogP contribution in [0.5, 0.6) is 5.75 Å². The third-order valence-electron chi connectivity index (χ3n) is 3.73. The van der Waals surface area contributed by atoms with Gasteiger partial charge in [-0.3, -0.25) is 9.59 Å². The number of fused-ring (bicyclic) bond motifs is 1. The van der Waals surface area contributed by atoms with Crippen molar-refractivity contribution in [2.75, 3.05) is 12.4 Å². The van der Waals surface area contributed by atoms with Crippen LogP contribution >= 0.6 is 15.9 Å². The van der Waals surface area contributed by atoms with Crippen LogP contribution in [0.15, 0.2) is 54.1 Å². The highest BCUT2D eigenvalue weighted by molar-refractivity contribution is 9.09. The minimum absolute atomic E-state index is 0.0992. The average Bonchev–Trinajstić information content (AvgIpc) is 2.58. The van der Waals surface area contributed by atoms with Gasteiger partial charge in [0.1, 0.15) is 5.75 Å². The number of alkyl halides is 1. The van der Waals surface area contributed by atoms with Crippen LogP contribution in [-0.2, 0) is 0 Å². The maximum absolute atomic E-state index is 12.8. The first-order valence-electron chi connectivity index (χ1n) is 6.79. The number of ether oxygens (including phenoxy) is 1. The fourth-order valence-electron chi connectivity index (χ4n) is 2.62. The van der Waals surface area contributed by atoms with Crippen molar-refractivity contribution in [1.82, 2.24) is 0 Å². The lowest BCUT2D eigenvalue weighted by Gasteiger charge is -2.20. The predicted octanol–water partition coefficient (Wildman–Crippen LogP) is 3.92. The van der Waals surface area contributed by atoms with Crippen LogP contribution in [0.4, 0.5) is 0 Å². The van der Waals surface area contributed by atoms with Crippen LogP contribution in [-0.4, -0.2) is 24.0 Å². The highest BCUT2D eigenvalue weighted by Gasteiger charge is 2.31. The minimum Gasteiger partial charge on any atom is -0.497 e. The number of benzene rings is 2. The molecule has 0 heterocycles. The van der Waals surface area contributed by atoms with Gasteiger partial charge in [0.25, 0.3) is 0 Å². The molecule has 0 aromatic heterocycles. The third kappa shape index (κ3) is 2.29. The second-order valence-corrected chi connectivity index (χ2v) is 5.48. The summed E-state index contributed by atoms with van der Waals surface area (Å²) in [5, 5.41) is 0.341. The van der Waals surface area contributed by atoms with E-state index >= 15 is 0 Å². The van der Waals surface area contributed by atoms with Crippen LogP contribution in [0.25, 0.3) is 5.57 Å². The Morgan fingerprint density at radius 1 is 0.909 bits per heavy atom. The van der Waals surface area contributed by atoms with Crippen molar-refractivity contribution in [2.45, 2.75) is 0 Å². The van der Waals surface area contributed by atoms with Gasteiger partial charge in [0.15, 0.2) is 11.6 Å². The van der Waals surface area contributed by atoms with E-state index in [4.69, 9.17) is 4.74 Å². The number of carbonyl (C=O) groups excluding carboxylic acids is 2. The summed E-state index contributed by atoms with van der Waals surface area (Å²) in [5.74, 6) is 0.493. The zero-order valence-electron chi connectivity index (χ0n) is 11.9. The van der Waals surface area contributed by atoms with E-state index in [-0.39, 0.29) is 11.6 Å². The molecule has 3 rings (SSSR count). The van der Waals surface area contributed by atoms with Gasteiger partial charge in [0.05, 0.1) is 7.11 Å². The second-order valence-electron chi connectivity index (χ2n) is 4.92. The minimum atomic E-state index is -0.116. The lowest BCUT2D eigenvalue weighted by Crippen LogP contribution is -2.22. The molecule has 0 spiro atoms. The molecule has 0 amide bonds. The molecule has 0 saturated carbocycles. The van der Waals surface area contributed by atoms with Gasteiger partial charge in [-0.05, 0) is 17.7 Å². The van der Waals surface area contributed by atoms with Crippen molar-refractivity contribution in [3.63, 3.8) is 0 Å². The normalized spacial score (nSPS) is 14.1. The summed E-state index contributed by atoms with van der Waals surface area (Å²) in [6, 6.07) is 14.1. The van der Waals surface area contributed by atoms with Gasteiger partial charge in [-0.2, -0.15) is 0 Å². The monoisotopic (exact) mass is 356 g/mol. The molecule has 2 aromatic carbocycles. The topological polar surface area (TPSA) is 43.4 Å². The van der Waals surface area contributed by atoms with Crippen molar-refractivity contribution in [1.29, 1.82) is 0 Å². The van der Waals surface area contributed by atoms with Crippen molar-refractivity contribution in [3.05, 3.63) is 70.8 Å². The molecule has 0 saturated heterocycles. The SMILES string of the molecule is COc1ccc(C2=C(CBr)C(=O)c3ccccc3C2=O)cc1. The Labute approximate surface area is 136 Å². The van der Waals surface area contributed by atoms with Crippen LogP contribution in [0.1, 0.15) is 26.3 Å². The van der Waals surface area contributed by atoms with Crippen LogP contribution in [0, 0.1) is 0 Å². The Morgan fingerprint density at radius 3 is 2.05 bits per heavy atom. The maximum atomic E-state index is 12.8. The number of carbonyl (C=O) groups is 2. The number of hydrogen-bond acceptors (Lipinski definition) is 3. The van der Waals surface area contributed by atoms with Crippen molar-refractivity contribution in [3.8, 4) is 5.75 Å².